The largest absolute Gasteiger partial charge is 0.494 e. The maximum atomic E-state index is 5.98. The molecule has 1 aromatic carbocycles. The monoisotopic (exact) mass is 262 g/mol. The van der Waals surface area contributed by atoms with Crippen LogP contribution < -0.4 is 10.5 Å². The van der Waals surface area contributed by atoms with E-state index in [0.717, 1.165) is 24.1 Å². The highest BCUT2D eigenvalue weighted by molar-refractivity contribution is 7.18. The van der Waals surface area contributed by atoms with Gasteiger partial charge in [0.15, 0.2) is 0 Å². The van der Waals surface area contributed by atoms with Gasteiger partial charge in [0.2, 0.25) is 0 Å². The lowest BCUT2D eigenvalue weighted by atomic mass is 10.1. The molecule has 0 bridgehead atoms. The van der Waals surface area contributed by atoms with Crippen LogP contribution in [0.25, 0.3) is 10.2 Å². The summed E-state index contributed by atoms with van der Waals surface area (Å²) in [6, 6.07) is 6.50. The Bertz CT molecular complexity index is 552. The predicted octanol–water partition coefficient (Wildman–Crippen LogP) is 3.29. The Balaban J connectivity index is 1.90. The fourth-order valence-corrected chi connectivity index (χ4v) is 3.74. The second-order valence-electron chi connectivity index (χ2n) is 4.88. The number of thiazole rings is 1. The van der Waals surface area contributed by atoms with Gasteiger partial charge in [-0.25, -0.2) is 4.98 Å². The van der Waals surface area contributed by atoms with Gasteiger partial charge in [0.05, 0.1) is 21.8 Å². The zero-order valence-corrected chi connectivity index (χ0v) is 11.4. The summed E-state index contributed by atoms with van der Waals surface area (Å²) < 4.78 is 6.74. The average Bonchev–Trinajstić information content (AvgIpc) is 2.94. The quantitative estimate of drug-likeness (QED) is 0.923. The van der Waals surface area contributed by atoms with E-state index >= 15 is 0 Å². The van der Waals surface area contributed by atoms with Crippen molar-refractivity contribution in [3.8, 4) is 5.75 Å². The van der Waals surface area contributed by atoms with E-state index in [4.69, 9.17) is 15.5 Å². The van der Waals surface area contributed by atoms with E-state index in [9.17, 15) is 0 Å². The lowest BCUT2D eigenvalue weighted by Gasteiger charge is -2.03. The van der Waals surface area contributed by atoms with Crippen LogP contribution in [0.4, 0.5) is 0 Å². The minimum atomic E-state index is 0.362. The second kappa shape index (κ2) is 4.86. The number of rotatable bonds is 3. The summed E-state index contributed by atoms with van der Waals surface area (Å²) in [6.07, 6.45) is 3.39. The first-order valence-electron chi connectivity index (χ1n) is 6.55. The molecule has 1 aliphatic rings. The van der Waals surface area contributed by atoms with E-state index in [1.54, 1.807) is 11.3 Å². The molecule has 1 aromatic heterocycles. The maximum absolute atomic E-state index is 5.98. The number of fused-ring (bicyclic) bond motifs is 1. The highest BCUT2D eigenvalue weighted by Gasteiger charge is 2.25. The standard InChI is InChI=1S/C14H18N2OS/c1-2-17-11-5-6-12-13(8-11)18-14(16-12)9-3-4-10(15)7-9/h5-6,8-10H,2-4,7,15H2,1H3. The number of hydrogen-bond acceptors (Lipinski definition) is 4. The van der Waals surface area contributed by atoms with E-state index in [1.807, 2.05) is 13.0 Å². The van der Waals surface area contributed by atoms with Gasteiger partial charge in [0, 0.05) is 12.0 Å². The Labute approximate surface area is 111 Å². The van der Waals surface area contributed by atoms with E-state index in [1.165, 1.54) is 16.1 Å². The predicted molar refractivity (Wildman–Crippen MR) is 75.4 cm³/mol. The molecule has 2 N–H and O–H groups in total. The molecule has 1 saturated carbocycles. The minimum absolute atomic E-state index is 0.362. The van der Waals surface area contributed by atoms with Gasteiger partial charge in [0.1, 0.15) is 5.75 Å². The molecule has 0 saturated heterocycles. The van der Waals surface area contributed by atoms with Gasteiger partial charge in [-0.2, -0.15) is 0 Å². The molecule has 2 aromatic rings. The lowest BCUT2D eigenvalue weighted by molar-refractivity contribution is 0.341. The highest BCUT2D eigenvalue weighted by atomic mass is 32.1. The van der Waals surface area contributed by atoms with E-state index < -0.39 is 0 Å². The molecular weight excluding hydrogens is 244 g/mol. The van der Waals surface area contributed by atoms with Crippen LogP contribution in [0.1, 0.15) is 37.1 Å². The molecule has 96 valence electrons. The van der Waals surface area contributed by atoms with Gasteiger partial charge in [-0.15, -0.1) is 11.3 Å². The summed E-state index contributed by atoms with van der Waals surface area (Å²) in [5.41, 5.74) is 7.06. The molecule has 0 aliphatic heterocycles. The third-order valence-electron chi connectivity index (χ3n) is 3.51. The molecule has 0 spiro atoms. The summed E-state index contributed by atoms with van der Waals surface area (Å²) in [5.74, 6) is 1.50. The number of ether oxygens (including phenoxy) is 1. The zero-order valence-electron chi connectivity index (χ0n) is 10.6. The first-order chi connectivity index (χ1) is 8.76. The number of nitrogens with zero attached hydrogens (tertiary/aromatic N) is 1. The van der Waals surface area contributed by atoms with Crippen LogP contribution in [0.15, 0.2) is 18.2 Å². The minimum Gasteiger partial charge on any atom is -0.494 e. The van der Waals surface area contributed by atoms with Crippen molar-refractivity contribution in [3.05, 3.63) is 23.2 Å². The third kappa shape index (κ3) is 2.22. The zero-order chi connectivity index (χ0) is 12.5. The smallest absolute Gasteiger partial charge is 0.120 e. The second-order valence-corrected chi connectivity index (χ2v) is 5.95. The molecule has 2 unspecified atom stereocenters. The van der Waals surface area contributed by atoms with Crippen molar-refractivity contribution in [3.63, 3.8) is 0 Å². The summed E-state index contributed by atoms with van der Waals surface area (Å²) in [7, 11) is 0. The normalized spacial score (nSPS) is 23.7. The molecule has 18 heavy (non-hydrogen) atoms. The van der Waals surface area contributed by atoms with Crippen molar-refractivity contribution in [2.45, 2.75) is 38.1 Å². The van der Waals surface area contributed by atoms with Gasteiger partial charge in [0.25, 0.3) is 0 Å². The van der Waals surface area contributed by atoms with E-state index in [-0.39, 0.29) is 0 Å². The summed E-state index contributed by atoms with van der Waals surface area (Å²) in [4.78, 5) is 4.74. The Hall–Kier alpha value is -1.13. The van der Waals surface area contributed by atoms with Crippen molar-refractivity contribution >= 4 is 21.6 Å². The molecule has 1 fully saturated rings. The van der Waals surface area contributed by atoms with Crippen molar-refractivity contribution in [1.29, 1.82) is 0 Å². The Morgan fingerprint density at radius 3 is 3.06 bits per heavy atom. The van der Waals surface area contributed by atoms with E-state index in [0.29, 0.717) is 18.6 Å². The van der Waals surface area contributed by atoms with Gasteiger partial charge in [-0.05, 0) is 44.4 Å². The number of hydrogen-bond donors (Lipinski definition) is 1. The van der Waals surface area contributed by atoms with Crippen molar-refractivity contribution in [1.82, 2.24) is 4.98 Å². The highest BCUT2D eigenvalue weighted by Crippen LogP contribution is 2.38. The number of aromatic nitrogens is 1. The molecule has 2 atom stereocenters. The maximum Gasteiger partial charge on any atom is 0.120 e. The van der Waals surface area contributed by atoms with Crippen molar-refractivity contribution in [2.24, 2.45) is 5.73 Å². The SMILES string of the molecule is CCOc1ccc2nc(C3CCC(N)C3)sc2c1. The van der Waals surface area contributed by atoms with Crippen LogP contribution in [0.2, 0.25) is 0 Å². The number of benzene rings is 1. The topological polar surface area (TPSA) is 48.1 Å². The first-order valence-corrected chi connectivity index (χ1v) is 7.36. The first kappa shape index (κ1) is 11.9. The summed E-state index contributed by atoms with van der Waals surface area (Å²) in [5, 5.41) is 1.24. The summed E-state index contributed by atoms with van der Waals surface area (Å²) in [6.45, 7) is 2.71. The van der Waals surface area contributed by atoms with Crippen molar-refractivity contribution in [2.75, 3.05) is 6.61 Å². The van der Waals surface area contributed by atoms with Crippen LogP contribution in [0, 0.1) is 0 Å². The van der Waals surface area contributed by atoms with Crippen LogP contribution in [-0.2, 0) is 0 Å². The molecule has 0 amide bonds. The van der Waals surface area contributed by atoms with Crippen LogP contribution in [-0.4, -0.2) is 17.6 Å². The molecule has 3 rings (SSSR count). The molecule has 3 nitrogen and oxygen atoms in total. The molecule has 1 aliphatic carbocycles. The van der Waals surface area contributed by atoms with Crippen LogP contribution in [0.5, 0.6) is 5.75 Å². The van der Waals surface area contributed by atoms with Gasteiger partial charge >= 0.3 is 0 Å². The molecule has 1 heterocycles. The van der Waals surface area contributed by atoms with Crippen LogP contribution >= 0.6 is 11.3 Å². The van der Waals surface area contributed by atoms with E-state index in [2.05, 4.69) is 12.1 Å². The lowest BCUT2D eigenvalue weighted by Crippen LogP contribution is -2.14. The Morgan fingerprint density at radius 1 is 1.44 bits per heavy atom. The third-order valence-corrected chi connectivity index (χ3v) is 4.69. The Kier molecular flexibility index (Phi) is 3.22. The molecule has 4 heteroatoms. The molecule has 0 radical (unpaired) electrons. The van der Waals surface area contributed by atoms with Gasteiger partial charge < -0.3 is 10.5 Å². The van der Waals surface area contributed by atoms with Crippen molar-refractivity contribution < 1.29 is 4.74 Å². The summed E-state index contributed by atoms with van der Waals surface area (Å²) >= 11 is 1.79. The van der Waals surface area contributed by atoms with Crippen LogP contribution in [0.3, 0.4) is 0 Å². The molecular formula is C14H18N2OS. The average molecular weight is 262 g/mol. The fraction of sp³-hybridized carbons (Fsp3) is 0.500. The van der Waals surface area contributed by atoms with Gasteiger partial charge in [-0.1, -0.05) is 0 Å². The fourth-order valence-electron chi connectivity index (χ4n) is 2.59. The number of nitrogens with two attached hydrogens (primary N) is 1. The van der Waals surface area contributed by atoms with Gasteiger partial charge in [-0.3, -0.25) is 0 Å². The Morgan fingerprint density at radius 2 is 2.33 bits per heavy atom.